The summed E-state index contributed by atoms with van der Waals surface area (Å²) in [5, 5.41) is 11.9. The van der Waals surface area contributed by atoms with Crippen molar-refractivity contribution in [2.75, 3.05) is 5.75 Å². The zero-order valence-corrected chi connectivity index (χ0v) is 12.9. The molecule has 1 aliphatic rings. The molecule has 7 heteroatoms. The molecule has 6 nitrogen and oxygen atoms in total. The third-order valence-electron chi connectivity index (χ3n) is 3.38. The Hall–Kier alpha value is -1.76. The average Bonchev–Trinajstić information content (AvgIpc) is 2.90. The van der Waals surface area contributed by atoms with Gasteiger partial charge in [-0.05, 0) is 25.0 Å². The molecular weight excluding hydrogens is 290 g/mol. The van der Waals surface area contributed by atoms with Gasteiger partial charge in [-0.1, -0.05) is 13.0 Å². The molecule has 0 aromatic carbocycles. The summed E-state index contributed by atoms with van der Waals surface area (Å²) in [6.45, 7) is 4.19. The Bertz CT molecular complexity index is 521. The van der Waals surface area contributed by atoms with Gasteiger partial charge in [0.15, 0.2) is 0 Å². The van der Waals surface area contributed by atoms with Crippen molar-refractivity contribution in [2.24, 2.45) is 0 Å². The van der Waals surface area contributed by atoms with E-state index in [1.54, 1.807) is 6.20 Å². The van der Waals surface area contributed by atoms with Crippen LogP contribution in [0.2, 0.25) is 0 Å². The minimum absolute atomic E-state index is 0.0813. The van der Waals surface area contributed by atoms with Crippen LogP contribution in [0.25, 0.3) is 0 Å². The number of carbonyl (C=O) groups is 2. The van der Waals surface area contributed by atoms with E-state index in [1.165, 1.54) is 16.7 Å². The summed E-state index contributed by atoms with van der Waals surface area (Å²) in [4.78, 5) is 29.1. The topological polar surface area (TPSA) is 82.5 Å². The lowest BCUT2D eigenvalue weighted by Crippen LogP contribution is -2.49. The molecule has 0 spiro atoms. The Morgan fingerprint density at radius 1 is 1.52 bits per heavy atom. The molecule has 1 aliphatic heterocycles. The molecule has 0 radical (unpaired) electrons. The van der Waals surface area contributed by atoms with Gasteiger partial charge in [-0.15, -0.1) is 11.8 Å². The molecule has 2 atom stereocenters. The molecule has 1 aromatic rings. The van der Waals surface area contributed by atoms with Crippen molar-refractivity contribution in [2.45, 2.75) is 38.2 Å². The fourth-order valence-electron chi connectivity index (χ4n) is 2.21. The highest BCUT2D eigenvalue weighted by Crippen LogP contribution is 2.31. The van der Waals surface area contributed by atoms with E-state index in [9.17, 15) is 14.7 Å². The van der Waals surface area contributed by atoms with Gasteiger partial charge in [0.05, 0.1) is 5.37 Å². The van der Waals surface area contributed by atoms with Crippen LogP contribution in [0.15, 0.2) is 18.3 Å². The lowest BCUT2D eigenvalue weighted by atomic mass is 10.2. The Morgan fingerprint density at radius 3 is 2.86 bits per heavy atom. The molecule has 2 heterocycles. The predicted molar refractivity (Wildman–Crippen MR) is 81.0 cm³/mol. The SMILES string of the molecule is CCC1SCC(C(=O)O)N1C(=O)NCc1ccc(C)nc1. The van der Waals surface area contributed by atoms with Crippen LogP contribution in [-0.4, -0.2) is 44.2 Å². The smallest absolute Gasteiger partial charge is 0.327 e. The highest BCUT2D eigenvalue weighted by Gasteiger charge is 2.40. The largest absolute Gasteiger partial charge is 0.480 e. The van der Waals surface area contributed by atoms with Gasteiger partial charge in [-0.2, -0.15) is 0 Å². The number of nitrogens with one attached hydrogen (secondary N) is 1. The molecule has 0 saturated carbocycles. The first-order valence-corrected chi connectivity index (χ1v) is 7.90. The van der Waals surface area contributed by atoms with Crippen LogP contribution in [0.3, 0.4) is 0 Å². The van der Waals surface area contributed by atoms with E-state index in [1.807, 2.05) is 26.0 Å². The summed E-state index contributed by atoms with van der Waals surface area (Å²) in [7, 11) is 0. The summed E-state index contributed by atoms with van der Waals surface area (Å²) in [6.07, 6.45) is 2.44. The number of pyridine rings is 1. The summed E-state index contributed by atoms with van der Waals surface area (Å²) < 4.78 is 0. The van der Waals surface area contributed by atoms with E-state index >= 15 is 0 Å². The number of thioether (sulfide) groups is 1. The number of carboxylic acid groups (broad SMARTS) is 1. The first kappa shape index (κ1) is 15.6. The Labute approximate surface area is 127 Å². The first-order chi connectivity index (χ1) is 10.0. The van der Waals surface area contributed by atoms with Crippen LogP contribution >= 0.6 is 11.8 Å². The number of carboxylic acids is 1. The summed E-state index contributed by atoms with van der Waals surface area (Å²) in [5.74, 6) is -0.515. The minimum Gasteiger partial charge on any atom is -0.480 e. The second kappa shape index (κ2) is 6.80. The van der Waals surface area contributed by atoms with Crippen LogP contribution < -0.4 is 5.32 Å². The van der Waals surface area contributed by atoms with Gasteiger partial charge in [-0.25, -0.2) is 9.59 Å². The molecule has 2 N–H and O–H groups in total. The minimum atomic E-state index is -0.953. The third-order valence-corrected chi connectivity index (χ3v) is 4.83. The van der Waals surface area contributed by atoms with Gasteiger partial charge < -0.3 is 10.4 Å². The van der Waals surface area contributed by atoms with Gasteiger partial charge in [-0.3, -0.25) is 9.88 Å². The van der Waals surface area contributed by atoms with E-state index in [0.717, 1.165) is 17.7 Å². The monoisotopic (exact) mass is 309 g/mol. The van der Waals surface area contributed by atoms with Crippen LogP contribution in [0.1, 0.15) is 24.6 Å². The second-order valence-electron chi connectivity index (χ2n) is 4.92. The van der Waals surface area contributed by atoms with Gasteiger partial charge in [0.25, 0.3) is 0 Å². The molecule has 2 unspecified atom stereocenters. The molecule has 2 amide bonds. The third kappa shape index (κ3) is 3.66. The zero-order valence-electron chi connectivity index (χ0n) is 12.1. The molecular formula is C14H19N3O3S. The fourth-order valence-corrected chi connectivity index (χ4v) is 3.56. The van der Waals surface area contributed by atoms with Crippen molar-refractivity contribution in [3.8, 4) is 0 Å². The van der Waals surface area contributed by atoms with Crippen molar-refractivity contribution in [1.82, 2.24) is 15.2 Å². The Balaban J connectivity index is 2.00. The summed E-state index contributed by atoms with van der Waals surface area (Å²) in [6, 6.07) is 2.69. The average molecular weight is 309 g/mol. The fraction of sp³-hybridized carbons (Fsp3) is 0.500. The lowest BCUT2D eigenvalue weighted by Gasteiger charge is -2.26. The van der Waals surface area contributed by atoms with Crippen molar-refractivity contribution >= 4 is 23.8 Å². The van der Waals surface area contributed by atoms with Gasteiger partial charge in [0, 0.05) is 24.2 Å². The molecule has 114 valence electrons. The van der Waals surface area contributed by atoms with Crippen LogP contribution in [0, 0.1) is 6.92 Å². The number of aliphatic carboxylic acids is 1. The summed E-state index contributed by atoms with van der Waals surface area (Å²) in [5.41, 5.74) is 1.80. The van der Waals surface area contributed by atoms with Gasteiger partial charge >= 0.3 is 12.0 Å². The number of aryl methyl sites for hydroxylation is 1. The molecule has 1 aromatic heterocycles. The maximum atomic E-state index is 12.3. The quantitative estimate of drug-likeness (QED) is 0.887. The van der Waals surface area contributed by atoms with E-state index in [4.69, 9.17) is 0 Å². The second-order valence-corrected chi connectivity index (χ2v) is 6.13. The van der Waals surface area contributed by atoms with Crippen LogP contribution in [-0.2, 0) is 11.3 Å². The van der Waals surface area contributed by atoms with Crippen LogP contribution in [0.4, 0.5) is 4.79 Å². The number of amides is 2. The standard InChI is InChI=1S/C14H19N3O3S/c1-3-12-17(11(8-21-12)13(18)19)14(20)16-7-10-5-4-9(2)15-6-10/h4-6,11-12H,3,7-8H2,1-2H3,(H,16,20)(H,18,19). The van der Waals surface area contributed by atoms with E-state index in [0.29, 0.717) is 12.3 Å². The molecule has 0 bridgehead atoms. The maximum absolute atomic E-state index is 12.3. The Kier molecular flexibility index (Phi) is 5.06. The van der Waals surface area contributed by atoms with Crippen molar-refractivity contribution in [1.29, 1.82) is 0 Å². The van der Waals surface area contributed by atoms with Crippen LogP contribution in [0.5, 0.6) is 0 Å². The normalized spacial score (nSPS) is 21.3. The first-order valence-electron chi connectivity index (χ1n) is 6.85. The number of rotatable bonds is 4. The lowest BCUT2D eigenvalue weighted by molar-refractivity contribution is -0.141. The number of hydrogen-bond acceptors (Lipinski definition) is 4. The molecule has 2 rings (SSSR count). The van der Waals surface area contributed by atoms with Crippen molar-refractivity contribution < 1.29 is 14.7 Å². The molecule has 0 aliphatic carbocycles. The molecule has 1 fully saturated rings. The number of urea groups is 1. The van der Waals surface area contributed by atoms with E-state index in [2.05, 4.69) is 10.3 Å². The van der Waals surface area contributed by atoms with E-state index in [-0.39, 0.29) is 11.4 Å². The maximum Gasteiger partial charge on any atom is 0.327 e. The summed E-state index contributed by atoms with van der Waals surface area (Å²) >= 11 is 1.51. The van der Waals surface area contributed by atoms with Gasteiger partial charge in [0.2, 0.25) is 0 Å². The number of aromatic nitrogens is 1. The van der Waals surface area contributed by atoms with Crippen molar-refractivity contribution in [3.05, 3.63) is 29.6 Å². The predicted octanol–water partition coefficient (Wildman–Crippen LogP) is 1.84. The highest BCUT2D eigenvalue weighted by atomic mass is 32.2. The highest BCUT2D eigenvalue weighted by molar-refractivity contribution is 8.00. The number of hydrogen-bond donors (Lipinski definition) is 2. The molecule has 1 saturated heterocycles. The zero-order chi connectivity index (χ0) is 15.4. The number of nitrogens with zero attached hydrogens (tertiary/aromatic N) is 2. The Morgan fingerprint density at radius 2 is 2.29 bits per heavy atom. The molecule has 21 heavy (non-hydrogen) atoms. The van der Waals surface area contributed by atoms with Crippen molar-refractivity contribution in [3.63, 3.8) is 0 Å². The van der Waals surface area contributed by atoms with Gasteiger partial charge in [0.1, 0.15) is 6.04 Å². The number of carbonyl (C=O) groups excluding carboxylic acids is 1. The van der Waals surface area contributed by atoms with E-state index < -0.39 is 12.0 Å².